The molecule has 0 atom stereocenters. The quantitative estimate of drug-likeness (QED) is 0.200. The monoisotopic (exact) mass is 429 g/mol. The molecule has 0 rings (SSSR count). The molecule has 0 saturated carbocycles. The Morgan fingerprint density at radius 2 is 1.34 bits per heavy atom. The topological polar surface area (TPSA) is 27.7 Å². The zero-order valence-corrected chi connectivity index (χ0v) is 22.4. The predicted octanol–water partition coefficient (Wildman–Crippen LogP) is 4.68. The fourth-order valence-electron chi connectivity index (χ4n) is 4.00. The highest BCUT2D eigenvalue weighted by Gasteiger charge is 2.09. The van der Waals surface area contributed by atoms with Crippen molar-refractivity contribution in [2.75, 3.05) is 45.8 Å². The summed E-state index contributed by atoms with van der Waals surface area (Å²) in [5, 5.41) is 3.73. The van der Waals surface area contributed by atoms with Crippen molar-refractivity contribution in [1.29, 1.82) is 0 Å². The number of hydrogen-bond donors (Lipinski definition) is 1. The number of nitrogens with zero attached hydrogens (tertiary/aromatic N) is 2. The Morgan fingerprint density at radius 3 is 1.93 bits per heavy atom. The maximum absolute atomic E-state index is 6.13. The minimum absolute atomic E-state index is 0.332. The molecule has 1 N–H and O–H groups in total. The van der Waals surface area contributed by atoms with Gasteiger partial charge in [0.05, 0.1) is 0 Å². The van der Waals surface area contributed by atoms with Crippen LogP contribution in [0.25, 0.3) is 0 Å². The third kappa shape index (κ3) is 16.4. The highest BCUT2D eigenvalue weighted by atomic mass is 28.2. The number of nitrogens with one attached hydrogen (secondary N) is 1. The fourth-order valence-corrected chi connectivity index (χ4v) is 5.39. The van der Waals surface area contributed by atoms with Crippen LogP contribution >= 0.6 is 0 Å². The summed E-state index contributed by atoms with van der Waals surface area (Å²) < 4.78 is 6.13. The first kappa shape index (κ1) is 29.1. The van der Waals surface area contributed by atoms with Gasteiger partial charge in [-0.05, 0) is 103 Å². The Balaban J connectivity index is 4.22. The second-order valence-electron chi connectivity index (χ2n) is 8.47. The molecule has 0 aromatic heterocycles. The first-order valence-corrected chi connectivity index (χ1v) is 14.5. The Kier molecular flexibility index (Phi) is 21.3. The third-order valence-electron chi connectivity index (χ3n) is 6.14. The van der Waals surface area contributed by atoms with Gasteiger partial charge in [-0.15, -0.1) is 0 Å². The van der Waals surface area contributed by atoms with E-state index in [1.165, 1.54) is 96.7 Å². The summed E-state index contributed by atoms with van der Waals surface area (Å²) in [4.78, 5) is 5.32. The van der Waals surface area contributed by atoms with E-state index in [0.29, 0.717) is 12.1 Å². The largest absolute Gasteiger partial charge is 0.421 e. The maximum atomic E-state index is 6.13. The van der Waals surface area contributed by atoms with Crippen molar-refractivity contribution in [2.45, 2.75) is 111 Å². The summed E-state index contributed by atoms with van der Waals surface area (Å²) in [5.41, 5.74) is 0. The average molecular weight is 430 g/mol. The summed E-state index contributed by atoms with van der Waals surface area (Å²) in [6, 6.07) is 2.03. The Hall–Kier alpha value is 0.0569. The molecular formula is C24H55N3OSi. The van der Waals surface area contributed by atoms with E-state index in [-0.39, 0.29) is 9.76 Å². The normalized spacial score (nSPS) is 12.6. The van der Waals surface area contributed by atoms with Crippen molar-refractivity contribution in [3.05, 3.63) is 0 Å². The zero-order valence-electron chi connectivity index (χ0n) is 21.0. The summed E-state index contributed by atoms with van der Waals surface area (Å²) in [7, 11) is -0.332. The highest BCUT2D eigenvalue weighted by Crippen LogP contribution is 2.05. The molecule has 0 bridgehead atoms. The minimum atomic E-state index is -0.332. The van der Waals surface area contributed by atoms with Crippen LogP contribution in [0.2, 0.25) is 6.04 Å². The molecule has 0 aliphatic heterocycles. The van der Waals surface area contributed by atoms with Crippen molar-refractivity contribution in [1.82, 2.24) is 15.1 Å². The van der Waals surface area contributed by atoms with E-state index in [9.17, 15) is 0 Å². The molecule has 4 nitrogen and oxygen atoms in total. The second-order valence-corrected chi connectivity index (χ2v) is 9.92. The lowest BCUT2D eigenvalue weighted by atomic mass is 10.1. The van der Waals surface area contributed by atoms with Crippen LogP contribution in [0, 0.1) is 0 Å². The molecule has 5 heteroatoms. The van der Waals surface area contributed by atoms with Crippen LogP contribution in [0.1, 0.15) is 92.9 Å². The average Bonchev–Trinajstić information content (AvgIpc) is 2.75. The predicted molar refractivity (Wildman–Crippen MR) is 134 cm³/mol. The van der Waals surface area contributed by atoms with Gasteiger partial charge in [-0.1, -0.05) is 41.5 Å². The SMILES string of the molecule is CCCN(CC)CCCN(CCCNC(CC)CC)CCC[SiH2]OC(CC)CC. The molecule has 0 heterocycles. The smallest absolute Gasteiger partial charge is 0.162 e. The molecule has 0 amide bonds. The second kappa shape index (κ2) is 21.3. The van der Waals surface area contributed by atoms with Crippen LogP contribution in [0.3, 0.4) is 0 Å². The maximum Gasteiger partial charge on any atom is 0.162 e. The molecule has 0 aromatic carbocycles. The van der Waals surface area contributed by atoms with Gasteiger partial charge < -0.3 is 19.5 Å². The van der Waals surface area contributed by atoms with Crippen LogP contribution in [0.5, 0.6) is 0 Å². The molecular weight excluding hydrogens is 374 g/mol. The van der Waals surface area contributed by atoms with Crippen molar-refractivity contribution >= 4 is 9.76 Å². The summed E-state index contributed by atoms with van der Waals surface area (Å²) >= 11 is 0. The Morgan fingerprint density at radius 1 is 0.724 bits per heavy atom. The van der Waals surface area contributed by atoms with Gasteiger partial charge in [0.25, 0.3) is 0 Å². The fraction of sp³-hybridized carbons (Fsp3) is 1.00. The van der Waals surface area contributed by atoms with Gasteiger partial charge in [0.15, 0.2) is 9.76 Å². The molecule has 0 radical (unpaired) electrons. The lowest BCUT2D eigenvalue weighted by molar-refractivity contribution is 0.200. The van der Waals surface area contributed by atoms with E-state index in [1.54, 1.807) is 0 Å². The first-order valence-electron chi connectivity index (χ1n) is 12.9. The molecule has 29 heavy (non-hydrogen) atoms. The van der Waals surface area contributed by atoms with E-state index in [1.807, 2.05) is 0 Å². The van der Waals surface area contributed by atoms with Gasteiger partial charge in [0.2, 0.25) is 0 Å². The van der Waals surface area contributed by atoms with Crippen LogP contribution in [0.4, 0.5) is 0 Å². The van der Waals surface area contributed by atoms with Crippen molar-refractivity contribution in [3.63, 3.8) is 0 Å². The zero-order chi connectivity index (χ0) is 21.7. The van der Waals surface area contributed by atoms with E-state index < -0.39 is 0 Å². The third-order valence-corrected chi connectivity index (χ3v) is 7.63. The van der Waals surface area contributed by atoms with Crippen molar-refractivity contribution in [2.24, 2.45) is 0 Å². The van der Waals surface area contributed by atoms with Gasteiger partial charge in [0, 0.05) is 12.1 Å². The molecule has 0 aliphatic carbocycles. The molecule has 0 fully saturated rings. The van der Waals surface area contributed by atoms with E-state index in [4.69, 9.17) is 4.43 Å². The summed E-state index contributed by atoms with van der Waals surface area (Å²) in [5.74, 6) is 0. The van der Waals surface area contributed by atoms with Crippen molar-refractivity contribution < 1.29 is 4.43 Å². The lowest BCUT2D eigenvalue weighted by Crippen LogP contribution is -2.34. The van der Waals surface area contributed by atoms with Gasteiger partial charge in [-0.3, -0.25) is 0 Å². The molecule has 0 saturated heterocycles. The first-order chi connectivity index (χ1) is 14.1. The molecule has 0 unspecified atom stereocenters. The van der Waals surface area contributed by atoms with Crippen LogP contribution in [0.15, 0.2) is 0 Å². The molecule has 0 aliphatic rings. The van der Waals surface area contributed by atoms with Gasteiger partial charge in [-0.2, -0.15) is 0 Å². The van der Waals surface area contributed by atoms with Gasteiger partial charge in [0.1, 0.15) is 0 Å². The number of hydrogen-bond acceptors (Lipinski definition) is 4. The summed E-state index contributed by atoms with van der Waals surface area (Å²) in [6.07, 6.45) is 10.5. The van der Waals surface area contributed by atoms with Gasteiger partial charge in [-0.25, -0.2) is 0 Å². The van der Waals surface area contributed by atoms with Crippen LogP contribution < -0.4 is 5.32 Å². The summed E-state index contributed by atoms with van der Waals surface area (Å²) in [6.45, 7) is 22.2. The Labute approximate surface area is 186 Å². The standard InChI is InChI=1S/C24H55N3OSi/c1-7-17-26(12-6)19-14-20-27(18-13-16-25-23(8-2)9-3)21-15-22-29-28-24(10-4)11-5/h23-25H,7-22,29H2,1-6H3. The highest BCUT2D eigenvalue weighted by molar-refractivity contribution is 6.27. The minimum Gasteiger partial charge on any atom is -0.421 e. The lowest BCUT2D eigenvalue weighted by Gasteiger charge is -2.25. The number of rotatable bonds is 22. The van der Waals surface area contributed by atoms with Crippen molar-refractivity contribution in [3.8, 4) is 0 Å². The van der Waals surface area contributed by atoms with Gasteiger partial charge >= 0.3 is 0 Å². The van der Waals surface area contributed by atoms with Crippen LogP contribution in [-0.4, -0.2) is 77.5 Å². The molecule has 176 valence electrons. The van der Waals surface area contributed by atoms with E-state index in [2.05, 4.69) is 56.7 Å². The van der Waals surface area contributed by atoms with E-state index in [0.717, 1.165) is 6.54 Å². The Bertz CT molecular complexity index is 325. The van der Waals surface area contributed by atoms with Crippen LogP contribution in [-0.2, 0) is 4.43 Å². The molecule has 0 aromatic rings. The van der Waals surface area contributed by atoms with E-state index >= 15 is 0 Å². The molecule has 0 spiro atoms.